The normalized spacial score (nSPS) is 24.1. The van der Waals surface area contributed by atoms with Crippen LogP contribution in [0.25, 0.3) is 0 Å². The van der Waals surface area contributed by atoms with Crippen molar-refractivity contribution in [2.45, 2.75) is 6.42 Å². The van der Waals surface area contributed by atoms with Crippen LogP contribution < -0.4 is 5.32 Å². The minimum absolute atomic E-state index is 0.0885. The Labute approximate surface area is 47.8 Å². The third kappa shape index (κ3) is 0.857. The monoisotopic (exact) mass is 112 g/mol. The summed E-state index contributed by atoms with van der Waals surface area (Å²) in [4.78, 5) is 14.3. The number of hydrogen-bond acceptors (Lipinski definition) is 2. The molecule has 8 heavy (non-hydrogen) atoms. The number of amides is 1. The molecule has 0 unspecified atom stereocenters. The van der Waals surface area contributed by atoms with Crippen molar-refractivity contribution in [2.75, 3.05) is 13.6 Å². The first-order chi connectivity index (χ1) is 3.83. The van der Waals surface area contributed by atoms with Gasteiger partial charge in [-0.2, -0.15) is 0 Å². The van der Waals surface area contributed by atoms with E-state index in [9.17, 15) is 4.79 Å². The second kappa shape index (κ2) is 1.94. The van der Waals surface area contributed by atoms with Crippen LogP contribution in [0.5, 0.6) is 0 Å². The highest BCUT2D eigenvalue weighted by molar-refractivity contribution is 6.08. The number of rotatable bonds is 0. The van der Waals surface area contributed by atoms with E-state index in [4.69, 9.17) is 0 Å². The van der Waals surface area contributed by atoms with Crippen molar-refractivity contribution in [3.63, 3.8) is 0 Å². The molecule has 0 spiro atoms. The third-order valence-corrected chi connectivity index (χ3v) is 1.17. The molecule has 0 aromatic heterocycles. The zero-order valence-electron chi connectivity index (χ0n) is 4.77. The van der Waals surface area contributed by atoms with Gasteiger partial charge < -0.3 is 5.32 Å². The first kappa shape index (κ1) is 5.28. The van der Waals surface area contributed by atoms with Gasteiger partial charge in [0.1, 0.15) is 0 Å². The molecule has 1 N–H and O–H groups in total. The van der Waals surface area contributed by atoms with Crippen LogP contribution in [-0.4, -0.2) is 25.2 Å². The van der Waals surface area contributed by atoms with Crippen molar-refractivity contribution >= 4 is 11.6 Å². The lowest BCUT2D eigenvalue weighted by Crippen LogP contribution is -2.13. The molecule has 44 valence electrons. The fourth-order valence-electron chi connectivity index (χ4n) is 0.669. The Morgan fingerprint density at radius 2 is 2.50 bits per heavy atom. The molecule has 0 bridgehead atoms. The Bertz CT molecular complexity index is 139. The van der Waals surface area contributed by atoms with E-state index in [-0.39, 0.29) is 5.91 Å². The lowest BCUT2D eigenvalue weighted by atomic mass is 10.3. The first-order valence-corrected chi connectivity index (χ1v) is 2.54. The summed E-state index contributed by atoms with van der Waals surface area (Å²) in [6.45, 7) is 0.648. The maximum absolute atomic E-state index is 10.4. The smallest absolute Gasteiger partial charge is 0.226 e. The molecule has 1 aliphatic heterocycles. The minimum atomic E-state index is 0.0885. The number of hydrogen-bond donors (Lipinski definition) is 1. The topological polar surface area (TPSA) is 41.5 Å². The molecular weight excluding hydrogens is 104 g/mol. The van der Waals surface area contributed by atoms with Crippen LogP contribution in [0.3, 0.4) is 0 Å². The molecule has 0 saturated carbocycles. The summed E-state index contributed by atoms with van der Waals surface area (Å²) >= 11 is 0. The van der Waals surface area contributed by atoms with Gasteiger partial charge in [-0.25, -0.2) is 0 Å². The molecule has 1 saturated heterocycles. The van der Waals surface area contributed by atoms with E-state index in [1.165, 1.54) is 0 Å². The van der Waals surface area contributed by atoms with Gasteiger partial charge in [0.2, 0.25) is 5.91 Å². The zero-order valence-corrected chi connectivity index (χ0v) is 4.77. The standard InChI is InChI=1S/C5H8N2O/c1-6-4-2-5(8)7-3-4/h2-3H2,1H3,(H,7,8). The van der Waals surface area contributed by atoms with E-state index in [0.29, 0.717) is 13.0 Å². The Morgan fingerprint density at radius 3 is 2.75 bits per heavy atom. The molecule has 0 aromatic carbocycles. The van der Waals surface area contributed by atoms with Crippen LogP contribution in [0.1, 0.15) is 6.42 Å². The van der Waals surface area contributed by atoms with E-state index in [1.807, 2.05) is 0 Å². The predicted molar refractivity (Wildman–Crippen MR) is 31.0 cm³/mol. The lowest BCUT2D eigenvalue weighted by Gasteiger charge is -1.83. The quantitative estimate of drug-likeness (QED) is 0.454. The molecule has 1 rings (SSSR count). The maximum Gasteiger partial charge on any atom is 0.226 e. The molecule has 1 aliphatic rings. The molecule has 1 heterocycles. The number of nitrogens with one attached hydrogen (secondary N) is 1. The van der Waals surface area contributed by atoms with Crippen molar-refractivity contribution in [2.24, 2.45) is 4.99 Å². The second-order valence-electron chi connectivity index (χ2n) is 1.74. The summed E-state index contributed by atoms with van der Waals surface area (Å²) in [5, 5.41) is 2.65. The fraction of sp³-hybridized carbons (Fsp3) is 0.600. The molecule has 1 amide bonds. The zero-order chi connectivity index (χ0) is 5.98. The number of carbonyl (C=O) groups is 1. The maximum atomic E-state index is 10.4. The summed E-state index contributed by atoms with van der Waals surface area (Å²) in [7, 11) is 1.70. The summed E-state index contributed by atoms with van der Waals surface area (Å²) in [6.07, 6.45) is 0.497. The Kier molecular flexibility index (Phi) is 1.28. The van der Waals surface area contributed by atoms with Crippen LogP contribution in [0.15, 0.2) is 4.99 Å². The molecule has 3 nitrogen and oxygen atoms in total. The van der Waals surface area contributed by atoms with Gasteiger partial charge in [-0.05, 0) is 0 Å². The van der Waals surface area contributed by atoms with E-state index >= 15 is 0 Å². The molecule has 0 aliphatic carbocycles. The minimum Gasteiger partial charge on any atom is -0.350 e. The van der Waals surface area contributed by atoms with Gasteiger partial charge in [0.15, 0.2) is 0 Å². The molecule has 0 aromatic rings. The SMILES string of the molecule is CN=C1CNC(=O)C1. The Balaban J connectivity index is 2.56. The Hall–Kier alpha value is -0.860. The Morgan fingerprint density at radius 1 is 1.75 bits per heavy atom. The van der Waals surface area contributed by atoms with E-state index in [1.54, 1.807) is 7.05 Å². The van der Waals surface area contributed by atoms with Gasteiger partial charge in [0, 0.05) is 12.8 Å². The number of nitrogens with zero attached hydrogens (tertiary/aromatic N) is 1. The van der Waals surface area contributed by atoms with Gasteiger partial charge in [-0.3, -0.25) is 9.79 Å². The molecule has 1 fully saturated rings. The largest absolute Gasteiger partial charge is 0.350 e. The summed E-state index contributed by atoms with van der Waals surface area (Å²) in [6, 6.07) is 0. The van der Waals surface area contributed by atoms with Crippen molar-refractivity contribution in [1.29, 1.82) is 0 Å². The van der Waals surface area contributed by atoms with Crippen LogP contribution in [0.4, 0.5) is 0 Å². The van der Waals surface area contributed by atoms with Gasteiger partial charge in [-0.15, -0.1) is 0 Å². The van der Waals surface area contributed by atoms with Gasteiger partial charge in [-0.1, -0.05) is 0 Å². The second-order valence-corrected chi connectivity index (χ2v) is 1.74. The average molecular weight is 112 g/mol. The van der Waals surface area contributed by atoms with Crippen molar-refractivity contribution in [1.82, 2.24) is 5.32 Å². The number of aliphatic imine (C=N–C) groups is 1. The van der Waals surface area contributed by atoms with Crippen molar-refractivity contribution in [3.8, 4) is 0 Å². The van der Waals surface area contributed by atoms with Gasteiger partial charge >= 0.3 is 0 Å². The van der Waals surface area contributed by atoms with Crippen LogP contribution in [0.2, 0.25) is 0 Å². The highest BCUT2D eigenvalue weighted by Gasteiger charge is 2.13. The summed E-state index contributed by atoms with van der Waals surface area (Å²) in [5.74, 6) is 0.0885. The summed E-state index contributed by atoms with van der Waals surface area (Å²) in [5.41, 5.74) is 0.954. The number of carbonyl (C=O) groups excluding carboxylic acids is 1. The van der Waals surface area contributed by atoms with E-state index in [2.05, 4.69) is 10.3 Å². The fourth-order valence-corrected chi connectivity index (χ4v) is 0.669. The van der Waals surface area contributed by atoms with Gasteiger partial charge in [0.05, 0.1) is 13.0 Å². The van der Waals surface area contributed by atoms with E-state index < -0.39 is 0 Å². The molecular formula is C5H8N2O. The lowest BCUT2D eigenvalue weighted by molar-refractivity contribution is -0.118. The van der Waals surface area contributed by atoms with E-state index in [0.717, 1.165) is 5.71 Å². The molecule has 0 radical (unpaired) electrons. The molecule has 3 heteroatoms. The molecule has 0 atom stereocenters. The average Bonchev–Trinajstić information content (AvgIpc) is 2.14. The highest BCUT2D eigenvalue weighted by atomic mass is 16.1. The van der Waals surface area contributed by atoms with Gasteiger partial charge in [0.25, 0.3) is 0 Å². The third-order valence-electron chi connectivity index (χ3n) is 1.17. The van der Waals surface area contributed by atoms with Crippen LogP contribution in [-0.2, 0) is 4.79 Å². The summed E-state index contributed by atoms with van der Waals surface area (Å²) < 4.78 is 0. The van der Waals surface area contributed by atoms with Crippen LogP contribution >= 0.6 is 0 Å². The van der Waals surface area contributed by atoms with Crippen LogP contribution in [0, 0.1) is 0 Å². The first-order valence-electron chi connectivity index (χ1n) is 2.54. The van der Waals surface area contributed by atoms with Crippen molar-refractivity contribution in [3.05, 3.63) is 0 Å². The predicted octanol–water partition coefficient (Wildman–Crippen LogP) is -0.423. The van der Waals surface area contributed by atoms with Crippen molar-refractivity contribution < 1.29 is 4.79 Å². The highest BCUT2D eigenvalue weighted by Crippen LogP contribution is 1.92.